The first-order chi connectivity index (χ1) is 10.0. The van der Waals surface area contributed by atoms with Crippen LogP contribution in [0.2, 0.25) is 0 Å². The first-order valence-electron chi connectivity index (χ1n) is 7.04. The third kappa shape index (κ3) is 2.89. The SMILES string of the molecule is CC(=O)Nc1cccc(NC2CC(=O)N(C3CC3)C2=O)c1. The molecule has 110 valence electrons. The molecule has 1 atom stereocenters. The van der Waals surface area contributed by atoms with Crippen LogP contribution in [0, 0.1) is 0 Å². The molecule has 3 amide bonds. The Bertz CT molecular complexity index is 610. The Morgan fingerprint density at radius 3 is 2.62 bits per heavy atom. The van der Waals surface area contributed by atoms with Gasteiger partial charge in [0.2, 0.25) is 11.8 Å². The zero-order chi connectivity index (χ0) is 15.0. The third-order valence-corrected chi connectivity index (χ3v) is 3.62. The molecule has 1 unspecified atom stereocenters. The lowest BCUT2D eigenvalue weighted by atomic mass is 10.2. The van der Waals surface area contributed by atoms with Gasteiger partial charge >= 0.3 is 0 Å². The van der Waals surface area contributed by atoms with Crippen LogP contribution >= 0.6 is 0 Å². The average Bonchev–Trinajstić information content (AvgIpc) is 3.18. The first-order valence-corrected chi connectivity index (χ1v) is 7.04. The van der Waals surface area contributed by atoms with Crippen molar-refractivity contribution in [2.45, 2.75) is 38.3 Å². The summed E-state index contributed by atoms with van der Waals surface area (Å²) in [7, 11) is 0. The molecule has 1 aliphatic carbocycles. The third-order valence-electron chi connectivity index (χ3n) is 3.62. The number of anilines is 2. The summed E-state index contributed by atoms with van der Waals surface area (Å²) in [4.78, 5) is 36.6. The molecule has 0 radical (unpaired) electrons. The second kappa shape index (κ2) is 5.20. The summed E-state index contributed by atoms with van der Waals surface area (Å²) in [5.41, 5.74) is 1.37. The maximum Gasteiger partial charge on any atom is 0.252 e. The molecule has 6 heteroatoms. The van der Waals surface area contributed by atoms with Gasteiger partial charge in [0.05, 0.1) is 6.42 Å². The van der Waals surface area contributed by atoms with Crippen molar-refractivity contribution in [3.8, 4) is 0 Å². The number of rotatable bonds is 4. The Morgan fingerprint density at radius 1 is 1.24 bits per heavy atom. The Hall–Kier alpha value is -2.37. The molecule has 1 saturated carbocycles. The van der Waals surface area contributed by atoms with E-state index in [4.69, 9.17) is 0 Å². The Morgan fingerprint density at radius 2 is 1.95 bits per heavy atom. The highest BCUT2D eigenvalue weighted by atomic mass is 16.2. The molecule has 6 nitrogen and oxygen atoms in total. The molecule has 1 saturated heterocycles. The van der Waals surface area contributed by atoms with E-state index in [2.05, 4.69) is 10.6 Å². The van der Waals surface area contributed by atoms with Crippen molar-refractivity contribution in [3.63, 3.8) is 0 Å². The van der Waals surface area contributed by atoms with Crippen LogP contribution in [0.15, 0.2) is 24.3 Å². The molecule has 3 rings (SSSR count). The van der Waals surface area contributed by atoms with Gasteiger partial charge in [0.25, 0.3) is 5.91 Å². The zero-order valence-corrected chi connectivity index (χ0v) is 11.8. The van der Waals surface area contributed by atoms with E-state index in [0.717, 1.165) is 12.8 Å². The van der Waals surface area contributed by atoms with Crippen LogP contribution in [-0.2, 0) is 14.4 Å². The van der Waals surface area contributed by atoms with Crippen molar-refractivity contribution in [2.75, 3.05) is 10.6 Å². The van der Waals surface area contributed by atoms with Gasteiger partial charge in [0.1, 0.15) is 6.04 Å². The van der Waals surface area contributed by atoms with Gasteiger partial charge in [-0.2, -0.15) is 0 Å². The molecule has 1 heterocycles. The minimum Gasteiger partial charge on any atom is -0.373 e. The van der Waals surface area contributed by atoms with Crippen molar-refractivity contribution in [3.05, 3.63) is 24.3 Å². The number of likely N-dealkylation sites (tertiary alicyclic amines) is 1. The Balaban J connectivity index is 1.70. The molecule has 0 aromatic heterocycles. The van der Waals surface area contributed by atoms with Gasteiger partial charge in [-0.1, -0.05) is 6.07 Å². The molecular formula is C15H17N3O3. The van der Waals surface area contributed by atoms with E-state index >= 15 is 0 Å². The predicted octanol–water partition coefficient (Wildman–Crippen LogP) is 1.35. The summed E-state index contributed by atoms with van der Waals surface area (Å²) < 4.78 is 0. The molecule has 2 N–H and O–H groups in total. The molecular weight excluding hydrogens is 270 g/mol. The minimum absolute atomic E-state index is 0.0991. The number of benzene rings is 1. The monoisotopic (exact) mass is 287 g/mol. The first kappa shape index (κ1) is 13.6. The molecule has 0 spiro atoms. The number of hydrogen-bond acceptors (Lipinski definition) is 4. The number of imide groups is 1. The van der Waals surface area contributed by atoms with Crippen LogP contribution < -0.4 is 10.6 Å². The minimum atomic E-state index is -0.509. The number of amides is 3. The van der Waals surface area contributed by atoms with Gasteiger partial charge in [-0.05, 0) is 31.0 Å². The van der Waals surface area contributed by atoms with Crippen molar-refractivity contribution in [1.29, 1.82) is 0 Å². The predicted molar refractivity (Wildman–Crippen MR) is 77.6 cm³/mol. The van der Waals surface area contributed by atoms with Gasteiger partial charge < -0.3 is 10.6 Å². The number of carbonyl (C=O) groups excluding carboxylic acids is 3. The Labute approximate surface area is 122 Å². The summed E-state index contributed by atoms with van der Waals surface area (Å²) in [5, 5.41) is 5.77. The van der Waals surface area contributed by atoms with Crippen molar-refractivity contribution in [2.24, 2.45) is 0 Å². The van der Waals surface area contributed by atoms with Crippen LogP contribution in [-0.4, -0.2) is 34.7 Å². The van der Waals surface area contributed by atoms with Crippen LogP contribution in [0.25, 0.3) is 0 Å². The smallest absolute Gasteiger partial charge is 0.252 e. The molecule has 2 aliphatic rings. The summed E-state index contributed by atoms with van der Waals surface area (Å²) >= 11 is 0. The van der Waals surface area contributed by atoms with E-state index in [1.165, 1.54) is 11.8 Å². The van der Waals surface area contributed by atoms with E-state index < -0.39 is 6.04 Å². The van der Waals surface area contributed by atoms with E-state index in [1.807, 2.05) is 6.07 Å². The van der Waals surface area contributed by atoms with Gasteiger partial charge in [-0.25, -0.2) is 0 Å². The second-order valence-electron chi connectivity index (χ2n) is 5.50. The van der Waals surface area contributed by atoms with E-state index in [1.54, 1.807) is 18.2 Å². The van der Waals surface area contributed by atoms with Crippen molar-refractivity contribution < 1.29 is 14.4 Å². The highest BCUT2D eigenvalue weighted by Crippen LogP contribution is 2.32. The Kier molecular flexibility index (Phi) is 3.37. The van der Waals surface area contributed by atoms with Gasteiger partial charge in [0, 0.05) is 24.3 Å². The summed E-state index contributed by atoms with van der Waals surface area (Å²) in [6.45, 7) is 1.44. The molecule has 21 heavy (non-hydrogen) atoms. The fraction of sp³-hybridized carbons (Fsp3) is 0.400. The summed E-state index contributed by atoms with van der Waals surface area (Å²) in [6, 6.07) is 6.72. The quantitative estimate of drug-likeness (QED) is 0.819. The molecule has 2 fully saturated rings. The largest absolute Gasteiger partial charge is 0.373 e. The lowest BCUT2D eigenvalue weighted by Gasteiger charge is -2.15. The van der Waals surface area contributed by atoms with Gasteiger partial charge in [0.15, 0.2) is 0 Å². The highest BCUT2D eigenvalue weighted by Gasteiger charge is 2.46. The van der Waals surface area contributed by atoms with Crippen molar-refractivity contribution in [1.82, 2.24) is 4.90 Å². The van der Waals surface area contributed by atoms with Gasteiger partial charge in [-0.3, -0.25) is 19.3 Å². The van der Waals surface area contributed by atoms with E-state index in [-0.39, 0.29) is 30.2 Å². The number of hydrogen-bond donors (Lipinski definition) is 2. The van der Waals surface area contributed by atoms with Crippen LogP contribution in [0.5, 0.6) is 0 Å². The number of nitrogens with zero attached hydrogens (tertiary/aromatic N) is 1. The normalized spacial score (nSPS) is 21.6. The lowest BCUT2D eigenvalue weighted by molar-refractivity contribution is -0.139. The molecule has 1 aliphatic heterocycles. The fourth-order valence-electron chi connectivity index (χ4n) is 2.57. The maximum atomic E-state index is 12.2. The van der Waals surface area contributed by atoms with E-state index in [0.29, 0.717) is 11.4 Å². The second-order valence-corrected chi connectivity index (χ2v) is 5.50. The topological polar surface area (TPSA) is 78.5 Å². The van der Waals surface area contributed by atoms with Gasteiger partial charge in [-0.15, -0.1) is 0 Å². The maximum absolute atomic E-state index is 12.2. The fourth-order valence-corrected chi connectivity index (χ4v) is 2.57. The van der Waals surface area contributed by atoms with Crippen LogP contribution in [0.1, 0.15) is 26.2 Å². The zero-order valence-electron chi connectivity index (χ0n) is 11.8. The lowest BCUT2D eigenvalue weighted by Crippen LogP contribution is -2.36. The standard InChI is InChI=1S/C15H17N3O3/c1-9(19)16-10-3-2-4-11(7-10)17-13-8-14(20)18(15(13)21)12-5-6-12/h2-4,7,12-13,17H,5-6,8H2,1H3,(H,16,19). The van der Waals surface area contributed by atoms with Crippen LogP contribution in [0.4, 0.5) is 11.4 Å². The molecule has 1 aromatic rings. The average molecular weight is 287 g/mol. The van der Waals surface area contributed by atoms with Crippen LogP contribution in [0.3, 0.4) is 0 Å². The summed E-state index contributed by atoms with van der Waals surface area (Å²) in [6.07, 6.45) is 2.03. The van der Waals surface area contributed by atoms with E-state index in [9.17, 15) is 14.4 Å². The molecule has 0 bridgehead atoms. The number of carbonyl (C=O) groups is 3. The molecule has 1 aromatic carbocycles. The number of nitrogens with one attached hydrogen (secondary N) is 2. The summed E-state index contributed by atoms with van der Waals surface area (Å²) in [5.74, 6) is -0.398. The van der Waals surface area contributed by atoms with Crippen molar-refractivity contribution >= 4 is 29.1 Å². The highest BCUT2D eigenvalue weighted by molar-refractivity contribution is 6.07.